The Balaban J connectivity index is 2.62. The molecule has 90 valence electrons. The second-order valence-electron chi connectivity index (χ2n) is 4.79. The number of nitrogens with zero attached hydrogens (tertiary/aromatic N) is 4. The van der Waals surface area contributed by atoms with Crippen LogP contribution < -0.4 is 5.73 Å². The van der Waals surface area contributed by atoms with Crippen LogP contribution in [0.3, 0.4) is 0 Å². The third-order valence-corrected chi connectivity index (χ3v) is 4.30. The molecule has 1 heterocycles. The number of benzene rings is 1. The maximum Gasteiger partial charge on any atom is 0.181 e. The number of tetrazole rings is 1. The molecule has 2 rings (SSSR count). The summed E-state index contributed by atoms with van der Waals surface area (Å²) in [6.45, 7) is 6.48. The zero-order valence-corrected chi connectivity index (χ0v) is 11.7. The van der Waals surface area contributed by atoms with Crippen molar-refractivity contribution in [2.75, 3.05) is 5.73 Å². The third-order valence-electron chi connectivity index (χ3n) is 2.40. The maximum atomic E-state index is 6.01. The molecule has 5 nitrogen and oxygen atoms in total. The summed E-state index contributed by atoms with van der Waals surface area (Å²) in [6, 6.07) is 5.48. The summed E-state index contributed by atoms with van der Waals surface area (Å²) in [7, 11) is -1.67. The molecule has 0 bridgehead atoms. The molecule has 7 heteroatoms. The van der Waals surface area contributed by atoms with Crippen LogP contribution in [0.25, 0.3) is 11.4 Å². The Labute approximate surface area is 106 Å². The molecule has 1 aromatic heterocycles. The minimum Gasteiger partial charge on any atom is -0.397 e. The van der Waals surface area contributed by atoms with Gasteiger partial charge in [-0.2, -0.15) is 0 Å². The Hall–Kier alpha value is -1.40. The predicted molar refractivity (Wildman–Crippen MR) is 71.4 cm³/mol. The number of hydrogen-bond donors (Lipinski definition) is 1. The van der Waals surface area contributed by atoms with Crippen molar-refractivity contribution in [2.45, 2.75) is 19.6 Å². The van der Waals surface area contributed by atoms with Crippen LogP contribution in [0.1, 0.15) is 0 Å². The van der Waals surface area contributed by atoms with E-state index < -0.39 is 8.24 Å². The topological polar surface area (TPSA) is 69.6 Å². The molecule has 0 amide bonds. The molecule has 2 aromatic rings. The van der Waals surface area contributed by atoms with Crippen LogP contribution in [0.4, 0.5) is 5.69 Å². The van der Waals surface area contributed by atoms with E-state index in [9.17, 15) is 0 Å². The molecule has 2 N–H and O–H groups in total. The van der Waals surface area contributed by atoms with E-state index in [4.69, 9.17) is 17.3 Å². The lowest BCUT2D eigenvalue weighted by Gasteiger charge is -2.18. The molecule has 17 heavy (non-hydrogen) atoms. The molecule has 0 saturated carbocycles. The third kappa shape index (κ3) is 2.18. The highest BCUT2D eigenvalue weighted by Gasteiger charge is 2.24. The van der Waals surface area contributed by atoms with Gasteiger partial charge in [0.05, 0.1) is 10.7 Å². The lowest BCUT2D eigenvalue weighted by Crippen LogP contribution is -2.34. The fourth-order valence-electron chi connectivity index (χ4n) is 1.54. The number of rotatable bonds is 2. The van der Waals surface area contributed by atoms with Crippen LogP contribution in [0.15, 0.2) is 18.2 Å². The van der Waals surface area contributed by atoms with Gasteiger partial charge < -0.3 is 5.73 Å². The van der Waals surface area contributed by atoms with Crippen molar-refractivity contribution >= 4 is 25.5 Å². The van der Waals surface area contributed by atoms with E-state index in [-0.39, 0.29) is 0 Å². The normalized spacial score (nSPS) is 11.8. The minimum atomic E-state index is -1.67. The average Bonchev–Trinajstić information content (AvgIpc) is 2.70. The van der Waals surface area contributed by atoms with Crippen LogP contribution >= 0.6 is 11.6 Å². The predicted octanol–water partition coefficient (Wildman–Crippen LogP) is 2.26. The van der Waals surface area contributed by atoms with E-state index in [0.717, 1.165) is 5.56 Å². The van der Waals surface area contributed by atoms with E-state index in [1.807, 2.05) is 16.5 Å². The Kier molecular flexibility index (Phi) is 2.92. The zero-order chi connectivity index (χ0) is 12.6. The lowest BCUT2D eigenvalue weighted by atomic mass is 10.2. The first kappa shape index (κ1) is 12.1. The lowest BCUT2D eigenvalue weighted by molar-refractivity contribution is 0.821. The van der Waals surface area contributed by atoms with Crippen molar-refractivity contribution in [2.24, 2.45) is 0 Å². The number of para-hydroxylation sites is 1. The molecule has 0 aliphatic rings. The van der Waals surface area contributed by atoms with Crippen LogP contribution in [0.2, 0.25) is 24.7 Å². The number of halogens is 1. The first-order valence-electron chi connectivity index (χ1n) is 5.24. The van der Waals surface area contributed by atoms with Gasteiger partial charge in [-0.25, -0.2) is 0 Å². The molecule has 0 aliphatic heterocycles. The van der Waals surface area contributed by atoms with Crippen LogP contribution in [0, 0.1) is 0 Å². The first-order chi connectivity index (χ1) is 7.91. The highest BCUT2D eigenvalue weighted by Crippen LogP contribution is 2.30. The van der Waals surface area contributed by atoms with Crippen molar-refractivity contribution in [1.29, 1.82) is 0 Å². The number of nitrogen functional groups attached to an aromatic ring is 1. The van der Waals surface area contributed by atoms with Gasteiger partial charge in [0.2, 0.25) is 0 Å². The minimum absolute atomic E-state index is 0.517. The number of anilines is 1. The zero-order valence-electron chi connectivity index (χ0n) is 9.98. The van der Waals surface area contributed by atoms with Gasteiger partial charge in [0.25, 0.3) is 0 Å². The van der Waals surface area contributed by atoms with Crippen molar-refractivity contribution in [3.63, 3.8) is 0 Å². The van der Waals surface area contributed by atoms with E-state index in [1.165, 1.54) is 0 Å². The Morgan fingerprint density at radius 3 is 2.65 bits per heavy atom. The Morgan fingerprint density at radius 2 is 2.00 bits per heavy atom. The molecule has 0 aliphatic carbocycles. The van der Waals surface area contributed by atoms with Crippen molar-refractivity contribution in [1.82, 2.24) is 19.9 Å². The number of aromatic nitrogens is 4. The van der Waals surface area contributed by atoms with E-state index in [1.54, 1.807) is 6.07 Å². The second-order valence-corrected chi connectivity index (χ2v) is 9.96. The van der Waals surface area contributed by atoms with Gasteiger partial charge in [-0.1, -0.05) is 22.9 Å². The van der Waals surface area contributed by atoms with Crippen molar-refractivity contribution in [3.05, 3.63) is 23.2 Å². The average molecular weight is 268 g/mol. The van der Waals surface area contributed by atoms with Gasteiger partial charge in [0, 0.05) is 5.56 Å². The molecule has 0 atom stereocenters. The SMILES string of the molecule is C[Si](C)(C)n1nnnc1-c1cccc(Cl)c1N. The van der Waals surface area contributed by atoms with Crippen LogP contribution in [-0.2, 0) is 0 Å². The first-order valence-corrected chi connectivity index (χ1v) is 9.07. The fourth-order valence-corrected chi connectivity index (χ4v) is 2.82. The summed E-state index contributed by atoms with van der Waals surface area (Å²) in [4.78, 5) is 0. The highest BCUT2D eigenvalue weighted by atomic mass is 35.5. The molecule has 0 saturated heterocycles. The fraction of sp³-hybridized carbons (Fsp3) is 0.300. The molecule has 0 radical (unpaired) electrons. The van der Waals surface area contributed by atoms with Gasteiger partial charge in [-0.15, -0.1) is 5.10 Å². The van der Waals surface area contributed by atoms with Gasteiger partial charge >= 0.3 is 0 Å². The van der Waals surface area contributed by atoms with Gasteiger partial charge in [-0.05, 0) is 37.0 Å². The quantitative estimate of drug-likeness (QED) is 0.669. The van der Waals surface area contributed by atoms with Gasteiger partial charge in [0.1, 0.15) is 0 Å². The molecule has 1 aromatic carbocycles. The summed E-state index contributed by atoms with van der Waals surface area (Å²) in [6.07, 6.45) is 0. The van der Waals surface area contributed by atoms with Crippen molar-refractivity contribution < 1.29 is 0 Å². The molecular weight excluding hydrogens is 254 g/mol. The maximum absolute atomic E-state index is 6.01. The second kappa shape index (κ2) is 4.12. The van der Waals surface area contributed by atoms with Gasteiger partial charge in [-0.3, -0.25) is 4.35 Å². The monoisotopic (exact) mass is 267 g/mol. The molecule has 0 fully saturated rings. The molecule has 0 spiro atoms. The van der Waals surface area contributed by atoms with Crippen LogP contribution in [0.5, 0.6) is 0 Å². The molecule has 0 unspecified atom stereocenters. The molecular formula is C10H14ClN5Si. The summed E-state index contributed by atoms with van der Waals surface area (Å²) in [5.41, 5.74) is 7.26. The summed E-state index contributed by atoms with van der Waals surface area (Å²) in [5.74, 6) is 0.684. The van der Waals surface area contributed by atoms with Gasteiger partial charge in [0.15, 0.2) is 14.1 Å². The summed E-state index contributed by atoms with van der Waals surface area (Å²) < 4.78 is 1.87. The largest absolute Gasteiger partial charge is 0.397 e. The Morgan fingerprint density at radius 1 is 1.29 bits per heavy atom. The standard InChI is InChI=1S/C10H14ClN5Si/c1-17(2,3)16-10(13-14-15-16)7-5-4-6-8(11)9(7)12/h4-6H,12H2,1-3H3. The van der Waals surface area contributed by atoms with E-state index in [0.29, 0.717) is 16.5 Å². The summed E-state index contributed by atoms with van der Waals surface area (Å²) in [5, 5.41) is 12.4. The smallest absolute Gasteiger partial charge is 0.181 e. The van der Waals surface area contributed by atoms with Crippen molar-refractivity contribution in [3.8, 4) is 11.4 Å². The Bertz CT molecular complexity index is 546. The van der Waals surface area contributed by atoms with E-state index >= 15 is 0 Å². The highest BCUT2D eigenvalue weighted by molar-refractivity contribution is 6.74. The van der Waals surface area contributed by atoms with Crippen LogP contribution in [-0.4, -0.2) is 28.1 Å². The van der Waals surface area contributed by atoms with E-state index in [2.05, 4.69) is 35.2 Å². The number of hydrogen-bond acceptors (Lipinski definition) is 4. The summed E-state index contributed by atoms with van der Waals surface area (Å²) >= 11 is 6.01. The number of nitrogens with two attached hydrogens (primary N) is 1.